The van der Waals surface area contributed by atoms with Crippen LogP contribution in [0.2, 0.25) is 0 Å². The highest BCUT2D eigenvalue weighted by Gasteiger charge is 2.26. The lowest BCUT2D eigenvalue weighted by Gasteiger charge is -2.33. The van der Waals surface area contributed by atoms with Gasteiger partial charge in [-0.25, -0.2) is 0 Å². The highest BCUT2D eigenvalue weighted by atomic mass is 79.9. The number of hydrogen-bond acceptors (Lipinski definition) is 3. The SMILES string of the molecule is COc1cc2ccccc2c(Br)c1C(=O)N1CCN(C)CC1. The predicted octanol–water partition coefficient (Wildman–Crippen LogP) is 3.00. The average Bonchev–Trinajstić information content (AvgIpc) is 2.55. The van der Waals surface area contributed by atoms with E-state index in [0.29, 0.717) is 11.3 Å². The van der Waals surface area contributed by atoms with Crippen molar-refractivity contribution >= 4 is 32.6 Å². The normalized spacial score (nSPS) is 16.0. The summed E-state index contributed by atoms with van der Waals surface area (Å²) in [6.07, 6.45) is 0. The summed E-state index contributed by atoms with van der Waals surface area (Å²) in [6.45, 7) is 3.30. The lowest BCUT2D eigenvalue weighted by atomic mass is 10.0. The zero-order chi connectivity index (χ0) is 15.7. The van der Waals surface area contributed by atoms with E-state index in [4.69, 9.17) is 4.74 Å². The fraction of sp³-hybridized carbons (Fsp3) is 0.353. The molecule has 0 aromatic heterocycles. The van der Waals surface area contributed by atoms with Crippen LogP contribution in [-0.4, -0.2) is 56.0 Å². The minimum atomic E-state index is 0.0302. The van der Waals surface area contributed by atoms with Crippen LogP contribution >= 0.6 is 15.9 Å². The maximum atomic E-state index is 12.9. The number of halogens is 1. The quantitative estimate of drug-likeness (QED) is 0.823. The van der Waals surface area contributed by atoms with Gasteiger partial charge in [-0.2, -0.15) is 0 Å². The summed E-state index contributed by atoms with van der Waals surface area (Å²) in [4.78, 5) is 17.1. The molecule has 2 aromatic carbocycles. The van der Waals surface area contributed by atoms with E-state index >= 15 is 0 Å². The fourth-order valence-corrected chi connectivity index (χ4v) is 3.53. The maximum Gasteiger partial charge on any atom is 0.258 e. The monoisotopic (exact) mass is 362 g/mol. The van der Waals surface area contributed by atoms with Gasteiger partial charge in [0, 0.05) is 30.7 Å². The molecule has 22 heavy (non-hydrogen) atoms. The summed E-state index contributed by atoms with van der Waals surface area (Å²) in [7, 11) is 3.69. The van der Waals surface area contributed by atoms with Gasteiger partial charge in [0.2, 0.25) is 0 Å². The van der Waals surface area contributed by atoms with Gasteiger partial charge in [-0.3, -0.25) is 4.79 Å². The molecule has 1 saturated heterocycles. The van der Waals surface area contributed by atoms with Crippen LogP contribution in [-0.2, 0) is 0 Å². The van der Waals surface area contributed by atoms with Gasteiger partial charge in [0.1, 0.15) is 5.75 Å². The standard InChI is InChI=1S/C17H19BrN2O2/c1-19-7-9-20(10-8-19)17(21)15-14(22-2)11-12-5-3-4-6-13(12)16(15)18/h3-6,11H,7-10H2,1-2H3. The minimum absolute atomic E-state index is 0.0302. The molecule has 1 fully saturated rings. The van der Waals surface area contributed by atoms with Crippen LogP contribution in [0.4, 0.5) is 0 Å². The number of likely N-dealkylation sites (N-methyl/N-ethyl adjacent to an activating group) is 1. The van der Waals surface area contributed by atoms with Gasteiger partial charge >= 0.3 is 0 Å². The molecule has 0 unspecified atom stereocenters. The predicted molar refractivity (Wildman–Crippen MR) is 91.6 cm³/mol. The van der Waals surface area contributed by atoms with Gasteiger partial charge in [0.25, 0.3) is 5.91 Å². The first-order valence-electron chi connectivity index (χ1n) is 7.35. The van der Waals surface area contributed by atoms with Crippen LogP contribution in [0, 0.1) is 0 Å². The van der Waals surface area contributed by atoms with Crippen molar-refractivity contribution in [1.29, 1.82) is 0 Å². The second-order valence-corrected chi connectivity index (χ2v) is 6.38. The second kappa shape index (κ2) is 6.26. The second-order valence-electron chi connectivity index (χ2n) is 5.58. The Morgan fingerprint density at radius 2 is 1.86 bits per heavy atom. The molecular weight excluding hydrogens is 344 g/mol. The van der Waals surface area contributed by atoms with Gasteiger partial charge < -0.3 is 14.5 Å². The molecule has 1 heterocycles. The lowest BCUT2D eigenvalue weighted by Crippen LogP contribution is -2.47. The fourth-order valence-electron chi connectivity index (χ4n) is 2.81. The van der Waals surface area contributed by atoms with E-state index in [0.717, 1.165) is 41.4 Å². The van der Waals surface area contributed by atoms with Crippen molar-refractivity contribution in [3.63, 3.8) is 0 Å². The van der Waals surface area contributed by atoms with E-state index in [1.807, 2.05) is 35.2 Å². The largest absolute Gasteiger partial charge is 0.496 e. The van der Waals surface area contributed by atoms with Crippen LogP contribution in [0.5, 0.6) is 5.75 Å². The summed E-state index contributed by atoms with van der Waals surface area (Å²) >= 11 is 3.61. The van der Waals surface area contributed by atoms with Crippen molar-refractivity contribution < 1.29 is 9.53 Å². The molecule has 1 aliphatic rings. The van der Waals surface area contributed by atoms with E-state index < -0.39 is 0 Å². The van der Waals surface area contributed by atoms with Gasteiger partial charge in [0.15, 0.2) is 0 Å². The first-order chi connectivity index (χ1) is 10.6. The summed E-state index contributed by atoms with van der Waals surface area (Å²) in [5.74, 6) is 0.650. The third-order valence-electron chi connectivity index (χ3n) is 4.17. The number of carbonyl (C=O) groups excluding carboxylic acids is 1. The first kappa shape index (κ1) is 15.3. The molecule has 0 aliphatic carbocycles. The van der Waals surface area contributed by atoms with Gasteiger partial charge in [0.05, 0.1) is 12.7 Å². The number of hydrogen-bond donors (Lipinski definition) is 0. The molecule has 5 heteroatoms. The smallest absolute Gasteiger partial charge is 0.258 e. The molecule has 0 spiro atoms. The van der Waals surface area contributed by atoms with Crippen molar-refractivity contribution in [1.82, 2.24) is 9.80 Å². The van der Waals surface area contributed by atoms with Crippen LogP contribution in [0.25, 0.3) is 10.8 Å². The average molecular weight is 363 g/mol. The van der Waals surface area contributed by atoms with Crippen LogP contribution in [0.1, 0.15) is 10.4 Å². The minimum Gasteiger partial charge on any atom is -0.496 e. The van der Waals surface area contributed by atoms with Crippen molar-refractivity contribution in [2.45, 2.75) is 0 Å². The van der Waals surface area contributed by atoms with Crippen LogP contribution in [0.15, 0.2) is 34.8 Å². The molecular formula is C17H19BrN2O2. The summed E-state index contributed by atoms with van der Waals surface area (Å²) < 4.78 is 6.29. The molecule has 116 valence electrons. The lowest BCUT2D eigenvalue weighted by molar-refractivity contribution is 0.0660. The number of amides is 1. The number of ether oxygens (including phenoxy) is 1. The molecule has 0 N–H and O–H groups in total. The van der Waals surface area contributed by atoms with E-state index in [1.165, 1.54) is 0 Å². The van der Waals surface area contributed by atoms with Crippen molar-refractivity contribution in [3.8, 4) is 5.75 Å². The Balaban J connectivity index is 2.05. The zero-order valence-electron chi connectivity index (χ0n) is 12.8. The number of benzene rings is 2. The Morgan fingerprint density at radius 3 is 2.55 bits per heavy atom. The van der Waals surface area contributed by atoms with E-state index in [-0.39, 0.29) is 5.91 Å². The third kappa shape index (κ3) is 2.71. The Morgan fingerprint density at radius 1 is 1.18 bits per heavy atom. The van der Waals surface area contributed by atoms with E-state index in [1.54, 1.807) is 7.11 Å². The number of carbonyl (C=O) groups is 1. The number of piperazine rings is 1. The van der Waals surface area contributed by atoms with Crippen LogP contribution in [0.3, 0.4) is 0 Å². The summed E-state index contributed by atoms with van der Waals surface area (Å²) in [5.41, 5.74) is 0.616. The summed E-state index contributed by atoms with van der Waals surface area (Å²) in [5, 5.41) is 2.09. The highest BCUT2D eigenvalue weighted by molar-refractivity contribution is 9.10. The Bertz CT molecular complexity index is 709. The molecule has 4 nitrogen and oxygen atoms in total. The zero-order valence-corrected chi connectivity index (χ0v) is 14.4. The molecule has 1 amide bonds. The molecule has 0 radical (unpaired) electrons. The van der Waals surface area contributed by atoms with Gasteiger partial charge in [-0.1, -0.05) is 24.3 Å². The van der Waals surface area contributed by atoms with Crippen molar-refractivity contribution in [2.75, 3.05) is 40.3 Å². The molecule has 1 aliphatic heterocycles. The molecule has 0 atom stereocenters. The summed E-state index contributed by atoms with van der Waals surface area (Å²) in [6, 6.07) is 9.93. The van der Waals surface area contributed by atoms with Crippen molar-refractivity contribution in [3.05, 3.63) is 40.4 Å². The molecule has 0 bridgehead atoms. The number of fused-ring (bicyclic) bond motifs is 1. The Kier molecular flexibility index (Phi) is 4.36. The van der Waals surface area contributed by atoms with E-state index in [9.17, 15) is 4.79 Å². The Labute approximate surface area is 138 Å². The molecule has 2 aromatic rings. The van der Waals surface area contributed by atoms with E-state index in [2.05, 4.69) is 27.9 Å². The van der Waals surface area contributed by atoms with Crippen LogP contribution < -0.4 is 4.74 Å². The highest BCUT2D eigenvalue weighted by Crippen LogP contribution is 2.35. The molecule has 0 saturated carbocycles. The Hall–Kier alpha value is -1.59. The van der Waals surface area contributed by atoms with Crippen molar-refractivity contribution in [2.24, 2.45) is 0 Å². The van der Waals surface area contributed by atoms with Gasteiger partial charge in [-0.15, -0.1) is 0 Å². The first-order valence-corrected chi connectivity index (χ1v) is 8.14. The topological polar surface area (TPSA) is 32.8 Å². The number of nitrogens with zero attached hydrogens (tertiary/aromatic N) is 2. The third-order valence-corrected chi connectivity index (χ3v) is 5.00. The molecule has 3 rings (SSSR count). The number of methoxy groups -OCH3 is 1. The number of rotatable bonds is 2. The van der Waals surface area contributed by atoms with Gasteiger partial charge in [-0.05, 0) is 39.8 Å². The maximum absolute atomic E-state index is 12.9.